The molecule has 0 atom stereocenters. The fourth-order valence-corrected chi connectivity index (χ4v) is 8.00. The van der Waals surface area contributed by atoms with E-state index in [0.29, 0.717) is 22.5 Å². The fourth-order valence-electron chi connectivity index (χ4n) is 8.00. The van der Waals surface area contributed by atoms with Crippen LogP contribution >= 0.6 is 0 Å². The highest BCUT2D eigenvalue weighted by molar-refractivity contribution is 6.32. The van der Waals surface area contributed by atoms with Crippen LogP contribution in [0.25, 0.3) is 87.3 Å². The predicted octanol–water partition coefficient (Wildman–Crippen LogP) is 11.1. The highest BCUT2D eigenvalue weighted by Crippen LogP contribution is 2.44. The third-order valence-corrected chi connectivity index (χ3v) is 9.94. The average Bonchev–Trinajstić information content (AvgIpc) is 3.68. The molecule has 48 heavy (non-hydrogen) atoms. The topological polar surface area (TPSA) is 57.4 Å². The number of fused-ring (bicyclic) bond motifs is 13. The average molecular weight is 609 g/mol. The first-order valence-electron chi connectivity index (χ1n) is 16.0. The molecular weight excluding hydrogens is 585 g/mol. The Bertz CT molecular complexity index is 3090. The normalized spacial score (nSPS) is 11.7. The van der Waals surface area contributed by atoms with Gasteiger partial charge in [0.25, 0.3) is 0 Å². The Morgan fingerprint density at radius 2 is 0.854 bits per heavy atom. The summed E-state index contributed by atoms with van der Waals surface area (Å²) >= 11 is 0. The van der Waals surface area contributed by atoms with Crippen molar-refractivity contribution in [1.82, 2.24) is 9.13 Å². The number of rotatable bonds is 2. The molecule has 0 bridgehead atoms. The lowest BCUT2D eigenvalue weighted by Gasteiger charge is -2.16. The van der Waals surface area contributed by atoms with E-state index < -0.39 is 0 Å². The maximum Gasteiger partial charge on any atom is 0.101 e. The zero-order valence-electron chi connectivity index (χ0n) is 25.6. The summed E-state index contributed by atoms with van der Waals surface area (Å²) in [6, 6.07) is 55.2. The van der Waals surface area contributed by atoms with E-state index >= 15 is 0 Å². The molecule has 4 heteroatoms. The van der Waals surface area contributed by atoms with E-state index in [1.807, 2.05) is 24.3 Å². The smallest absolute Gasteiger partial charge is 0.101 e. The fraction of sp³-hybridized carbons (Fsp3) is 0. The number of hydrogen-bond donors (Lipinski definition) is 0. The Morgan fingerprint density at radius 1 is 0.375 bits per heavy atom. The van der Waals surface area contributed by atoms with Gasteiger partial charge in [-0.15, -0.1) is 0 Å². The molecule has 0 spiro atoms. The van der Waals surface area contributed by atoms with E-state index in [1.165, 1.54) is 5.39 Å². The van der Waals surface area contributed by atoms with Crippen molar-refractivity contribution in [1.29, 1.82) is 10.5 Å². The third kappa shape index (κ3) is 3.41. The van der Waals surface area contributed by atoms with E-state index in [0.717, 1.165) is 70.5 Å². The van der Waals surface area contributed by atoms with Crippen molar-refractivity contribution >= 4 is 75.9 Å². The van der Waals surface area contributed by atoms with Crippen LogP contribution in [0, 0.1) is 22.7 Å². The third-order valence-electron chi connectivity index (χ3n) is 9.94. The molecule has 0 saturated carbocycles. The van der Waals surface area contributed by atoms with Gasteiger partial charge >= 0.3 is 0 Å². The van der Waals surface area contributed by atoms with E-state index in [1.54, 1.807) is 0 Å². The maximum absolute atomic E-state index is 10.8. The van der Waals surface area contributed by atoms with Crippen molar-refractivity contribution in [2.75, 3.05) is 0 Å². The summed E-state index contributed by atoms with van der Waals surface area (Å²) < 4.78 is 4.34. The minimum Gasteiger partial charge on any atom is -0.308 e. The first kappa shape index (κ1) is 26.3. The number of hydrogen-bond acceptors (Lipinski definition) is 2. The molecule has 0 saturated heterocycles. The molecule has 0 radical (unpaired) electrons. The second kappa shape index (κ2) is 9.81. The Balaban J connectivity index is 1.36. The molecule has 0 aliphatic heterocycles. The number of nitriles is 2. The van der Waals surface area contributed by atoms with Crippen LogP contribution in [0.3, 0.4) is 0 Å². The second-order valence-corrected chi connectivity index (χ2v) is 12.3. The molecule has 10 rings (SSSR count). The molecule has 0 aliphatic carbocycles. The monoisotopic (exact) mass is 608 g/mol. The standard InChI is InChI=1S/C44H24N4/c45-25-28-24-41(48-38-20-10-8-18-36(38)43-33-15-5-3-13-31(33)32-14-4-6-16-34(32)44(43)48)29(26-46)23-40(28)47-37-19-9-7-17-35(37)42-30-12-2-1-11-27(30)21-22-39(42)47/h1-24H. The van der Waals surface area contributed by atoms with E-state index in [4.69, 9.17) is 0 Å². The molecule has 0 fully saturated rings. The van der Waals surface area contributed by atoms with Crippen molar-refractivity contribution < 1.29 is 0 Å². The van der Waals surface area contributed by atoms with Crippen molar-refractivity contribution in [2.24, 2.45) is 0 Å². The van der Waals surface area contributed by atoms with E-state index in [2.05, 4.69) is 143 Å². The first-order valence-corrected chi connectivity index (χ1v) is 16.0. The van der Waals surface area contributed by atoms with Gasteiger partial charge in [0, 0.05) is 26.9 Å². The molecule has 2 aromatic heterocycles. The lowest BCUT2D eigenvalue weighted by molar-refractivity contribution is 1.13. The molecule has 2 heterocycles. The summed E-state index contributed by atoms with van der Waals surface area (Å²) in [5.41, 5.74) is 6.38. The molecule has 0 aliphatic rings. The Morgan fingerprint density at radius 3 is 1.52 bits per heavy atom. The summed E-state index contributed by atoms with van der Waals surface area (Å²) in [6.45, 7) is 0. The van der Waals surface area contributed by atoms with Crippen LogP contribution in [-0.4, -0.2) is 9.13 Å². The molecule has 0 unspecified atom stereocenters. The van der Waals surface area contributed by atoms with Gasteiger partial charge in [-0.05, 0) is 57.3 Å². The lowest BCUT2D eigenvalue weighted by atomic mass is 9.97. The zero-order valence-corrected chi connectivity index (χ0v) is 25.6. The van der Waals surface area contributed by atoms with Gasteiger partial charge < -0.3 is 9.13 Å². The highest BCUT2D eigenvalue weighted by Gasteiger charge is 2.23. The van der Waals surface area contributed by atoms with Crippen LogP contribution in [0.15, 0.2) is 146 Å². The molecule has 0 N–H and O–H groups in total. The predicted molar refractivity (Wildman–Crippen MR) is 197 cm³/mol. The summed E-state index contributed by atoms with van der Waals surface area (Å²) in [4.78, 5) is 0. The van der Waals surface area contributed by atoms with Gasteiger partial charge in [0.15, 0.2) is 0 Å². The Labute approximate surface area is 275 Å². The van der Waals surface area contributed by atoms with Gasteiger partial charge in [-0.3, -0.25) is 0 Å². The van der Waals surface area contributed by atoms with Gasteiger partial charge in [-0.1, -0.05) is 115 Å². The highest BCUT2D eigenvalue weighted by atomic mass is 15.0. The molecular formula is C44H24N4. The SMILES string of the molecule is N#Cc1cc(-n2c3ccccc3c3c4ccccc4c4ccccc4c32)c(C#N)cc1-n1c2ccccc2c2c3ccccc3ccc21. The van der Waals surface area contributed by atoms with E-state index in [-0.39, 0.29) is 0 Å². The Hall–Kier alpha value is -6.88. The zero-order chi connectivity index (χ0) is 31.9. The second-order valence-electron chi connectivity index (χ2n) is 12.3. The van der Waals surface area contributed by atoms with Crippen molar-refractivity contribution in [3.63, 3.8) is 0 Å². The minimum absolute atomic E-state index is 0.496. The van der Waals surface area contributed by atoms with Crippen LogP contribution in [0.2, 0.25) is 0 Å². The maximum atomic E-state index is 10.8. The molecule has 8 aromatic carbocycles. The van der Waals surface area contributed by atoms with Gasteiger partial charge in [0.2, 0.25) is 0 Å². The van der Waals surface area contributed by atoms with Gasteiger partial charge in [0.1, 0.15) is 12.1 Å². The van der Waals surface area contributed by atoms with Crippen molar-refractivity contribution in [3.8, 4) is 23.5 Å². The molecule has 10 aromatic rings. The quantitative estimate of drug-likeness (QED) is 0.183. The summed E-state index contributed by atoms with van der Waals surface area (Å²) in [5, 5.41) is 33.1. The van der Waals surface area contributed by atoms with Crippen LogP contribution in [0.5, 0.6) is 0 Å². The van der Waals surface area contributed by atoms with E-state index in [9.17, 15) is 10.5 Å². The summed E-state index contributed by atoms with van der Waals surface area (Å²) in [5.74, 6) is 0. The van der Waals surface area contributed by atoms with Gasteiger partial charge in [-0.2, -0.15) is 10.5 Å². The molecule has 4 nitrogen and oxygen atoms in total. The number of nitrogens with zero attached hydrogens (tertiary/aromatic N) is 4. The lowest BCUT2D eigenvalue weighted by Crippen LogP contribution is -2.04. The van der Waals surface area contributed by atoms with Crippen molar-refractivity contribution in [2.45, 2.75) is 0 Å². The van der Waals surface area contributed by atoms with Gasteiger partial charge in [-0.25, -0.2) is 0 Å². The minimum atomic E-state index is 0.496. The van der Waals surface area contributed by atoms with Crippen LogP contribution in [0.4, 0.5) is 0 Å². The number of benzene rings is 8. The number of aromatic nitrogens is 2. The largest absolute Gasteiger partial charge is 0.308 e. The van der Waals surface area contributed by atoms with Crippen LogP contribution in [0.1, 0.15) is 11.1 Å². The summed E-state index contributed by atoms with van der Waals surface area (Å²) in [6.07, 6.45) is 0. The molecule has 220 valence electrons. The number of para-hydroxylation sites is 2. The van der Waals surface area contributed by atoms with Crippen LogP contribution in [-0.2, 0) is 0 Å². The summed E-state index contributed by atoms with van der Waals surface area (Å²) in [7, 11) is 0. The Kier molecular flexibility index (Phi) is 5.38. The van der Waals surface area contributed by atoms with Crippen LogP contribution < -0.4 is 0 Å². The first-order chi connectivity index (χ1) is 23.8. The molecule has 0 amide bonds. The van der Waals surface area contributed by atoms with Gasteiger partial charge in [0.05, 0.1) is 44.6 Å². The van der Waals surface area contributed by atoms with Crippen molar-refractivity contribution in [3.05, 3.63) is 157 Å².